The van der Waals surface area contributed by atoms with Gasteiger partial charge in [-0.1, -0.05) is 89.2 Å². The maximum absolute atomic E-state index is 13.1. The largest absolute Gasteiger partial charge is 0.507 e. The van der Waals surface area contributed by atoms with Gasteiger partial charge in [0.05, 0.1) is 11.2 Å². The third-order valence-electron chi connectivity index (χ3n) is 7.30. The average molecular weight is 645 g/mol. The normalized spacial score (nSPS) is 13.2. The predicted octanol–water partition coefficient (Wildman–Crippen LogP) is 10.5. The summed E-state index contributed by atoms with van der Waals surface area (Å²) in [6, 6.07) is 8.52. The van der Waals surface area contributed by atoms with Crippen molar-refractivity contribution in [1.82, 2.24) is 0 Å². The van der Waals surface area contributed by atoms with Crippen molar-refractivity contribution in [1.29, 1.82) is 0 Å². The molecule has 0 atom stereocenters. The first-order valence-electron chi connectivity index (χ1n) is 15.5. The fraction of sp³-hybridized carbons (Fsp3) is 0.622. The number of rotatable bonds is 9. The number of thioether (sulfide) groups is 2. The van der Waals surface area contributed by atoms with Gasteiger partial charge in [0.1, 0.15) is 11.5 Å². The van der Waals surface area contributed by atoms with Gasteiger partial charge in [-0.15, -0.1) is 23.5 Å². The van der Waals surface area contributed by atoms with Crippen molar-refractivity contribution in [3.8, 4) is 11.5 Å². The Morgan fingerprint density at radius 3 is 1.59 bits per heavy atom. The Kier molecular flexibility index (Phi) is 11.9. The first-order chi connectivity index (χ1) is 19.8. The summed E-state index contributed by atoms with van der Waals surface area (Å²) in [4.78, 5) is 26.9. The number of carbonyl (C=O) groups is 2. The molecule has 0 aromatic heterocycles. The molecule has 2 rings (SSSR count). The van der Waals surface area contributed by atoms with Crippen molar-refractivity contribution in [2.24, 2.45) is 0 Å². The summed E-state index contributed by atoms with van der Waals surface area (Å²) in [6.45, 7) is 30.1. The summed E-state index contributed by atoms with van der Waals surface area (Å²) in [5.74, 6) is 0.313. The van der Waals surface area contributed by atoms with Gasteiger partial charge in [0.25, 0.3) is 0 Å². The molecular weight excluding hydrogens is 589 g/mol. The summed E-state index contributed by atoms with van der Waals surface area (Å²) in [5.41, 5.74) is 2.87. The molecule has 5 nitrogen and oxygen atoms in total. The van der Waals surface area contributed by atoms with E-state index in [0.29, 0.717) is 17.9 Å². The number of methoxy groups -OCH3 is 1. The number of hydrogen-bond acceptors (Lipinski definition) is 7. The topological polar surface area (TPSA) is 72.8 Å². The van der Waals surface area contributed by atoms with Gasteiger partial charge in [0, 0.05) is 44.9 Å². The van der Waals surface area contributed by atoms with Gasteiger partial charge >= 0.3 is 11.9 Å². The molecule has 0 heterocycles. The van der Waals surface area contributed by atoms with Crippen LogP contribution >= 0.6 is 23.5 Å². The van der Waals surface area contributed by atoms with Crippen LogP contribution < -0.4 is 4.74 Å². The second kappa shape index (κ2) is 13.7. The van der Waals surface area contributed by atoms with E-state index in [4.69, 9.17) is 9.47 Å². The van der Waals surface area contributed by atoms with Crippen molar-refractivity contribution < 1.29 is 24.2 Å². The van der Waals surface area contributed by atoms with Crippen molar-refractivity contribution in [3.05, 3.63) is 46.5 Å². The highest BCUT2D eigenvalue weighted by molar-refractivity contribution is 8.18. The predicted molar refractivity (Wildman–Crippen MR) is 187 cm³/mol. The number of carbonyl (C=O) groups excluding carboxylic acids is 2. The lowest BCUT2D eigenvalue weighted by molar-refractivity contribution is -0.141. The van der Waals surface area contributed by atoms with Crippen LogP contribution in [-0.2, 0) is 36.0 Å². The smallest absolute Gasteiger partial charge is 0.311 e. The lowest BCUT2D eigenvalue weighted by Crippen LogP contribution is -2.23. The van der Waals surface area contributed by atoms with Gasteiger partial charge in [-0.05, 0) is 60.1 Å². The molecule has 0 aliphatic heterocycles. The molecule has 0 fully saturated rings. The summed E-state index contributed by atoms with van der Waals surface area (Å²) in [6.07, 6.45) is 0.684. The lowest BCUT2D eigenvalue weighted by atomic mass is 9.79. The summed E-state index contributed by atoms with van der Waals surface area (Å²) >= 11 is 3.53. The minimum atomic E-state index is -0.353. The molecule has 0 saturated carbocycles. The summed E-state index contributed by atoms with van der Waals surface area (Å²) in [7, 11) is 1.35. The molecule has 0 unspecified atom stereocenters. The van der Waals surface area contributed by atoms with Crippen LogP contribution in [0.5, 0.6) is 11.5 Å². The Morgan fingerprint density at radius 1 is 0.682 bits per heavy atom. The third-order valence-corrected chi connectivity index (χ3v) is 9.82. The quantitative estimate of drug-likeness (QED) is 0.126. The zero-order valence-corrected chi connectivity index (χ0v) is 31.5. The van der Waals surface area contributed by atoms with Gasteiger partial charge in [-0.3, -0.25) is 9.59 Å². The fourth-order valence-electron chi connectivity index (χ4n) is 5.08. The molecule has 0 saturated heterocycles. The average Bonchev–Trinajstić information content (AvgIpc) is 2.81. The molecule has 2 aromatic rings. The van der Waals surface area contributed by atoms with E-state index in [0.717, 1.165) is 32.0 Å². The highest BCUT2D eigenvalue weighted by Crippen LogP contribution is 2.53. The summed E-state index contributed by atoms with van der Waals surface area (Å²) in [5, 5.41) is 11.3. The molecule has 44 heavy (non-hydrogen) atoms. The lowest BCUT2D eigenvalue weighted by Gasteiger charge is -2.34. The maximum Gasteiger partial charge on any atom is 0.311 e. The van der Waals surface area contributed by atoms with E-state index < -0.39 is 0 Å². The molecule has 0 amide bonds. The van der Waals surface area contributed by atoms with E-state index >= 15 is 0 Å². The Bertz CT molecular complexity index is 1310. The van der Waals surface area contributed by atoms with E-state index in [-0.39, 0.29) is 50.5 Å². The number of ether oxygens (including phenoxy) is 2. The second-order valence-corrected chi connectivity index (χ2v) is 19.8. The van der Waals surface area contributed by atoms with Gasteiger partial charge in [0.2, 0.25) is 0 Å². The Morgan fingerprint density at radius 2 is 1.16 bits per heavy atom. The fourth-order valence-corrected chi connectivity index (χ4v) is 7.89. The van der Waals surface area contributed by atoms with Crippen molar-refractivity contribution in [2.45, 2.75) is 152 Å². The second-order valence-electron chi connectivity index (χ2n) is 16.2. The molecule has 1 N–H and O–H groups in total. The molecule has 0 aliphatic rings. The van der Waals surface area contributed by atoms with Crippen LogP contribution in [0.2, 0.25) is 0 Å². The minimum absolute atomic E-state index is 0.133. The van der Waals surface area contributed by atoms with Crippen LogP contribution in [-0.4, -0.2) is 28.2 Å². The highest BCUT2D eigenvalue weighted by atomic mass is 32.2. The number of benzene rings is 2. The van der Waals surface area contributed by atoms with Crippen molar-refractivity contribution >= 4 is 35.5 Å². The van der Waals surface area contributed by atoms with Gasteiger partial charge in [0.15, 0.2) is 0 Å². The number of aromatic hydroxyl groups is 1. The van der Waals surface area contributed by atoms with E-state index in [1.165, 1.54) is 7.11 Å². The molecule has 2 aromatic carbocycles. The SMILES string of the molecule is COC(=O)CCCC(=O)Oc1c(C(C)(C)C)ccc(SC(C)(C)Sc2cc(C(C)(C)C)c(O)c(C(C)(C)C)c2)c1C(C)(C)C. The monoisotopic (exact) mass is 644 g/mol. The number of phenolic OH excluding ortho intramolecular Hbond substituents is 1. The van der Waals surface area contributed by atoms with Crippen molar-refractivity contribution in [2.75, 3.05) is 7.11 Å². The highest BCUT2D eigenvalue weighted by Gasteiger charge is 2.34. The van der Waals surface area contributed by atoms with Gasteiger partial charge < -0.3 is 14.6 Å². The first-order valence-corrected chi connectivity index (χ1v) is 17.1. The Labute approximate surface area is 275 Å². The molecule has 0 bridgehead atoms. The Hall–Kier alpha value is -2.12. The summed E-state index contributed by atoms with van der Waals surface area (Å²) < 4.78 is 10.6. The van der Waals surface area contributed by atoms with Crippen LogP contribution in [0, 0.1) is 0 Å². The zero-order chi connectivity index (χ0) is 34.1. The first kappa shape index (κ1) is 38.1. The standard InChI is InChI=1S/C37H56O5S2/c1-33(2,3)24-19-20-27(30(36(10,11)12)32(24)42-29(39)18-16-17-28(38)41-15)44-37(13,14)43-23-21-25(34(4,5)6)31(40)26(22-23)35(7,8)9/h19-22,40H,16-18H2,1-15H3. The maximum atomic E-state index is 13.1. The third kappa shape index (κ3) is 10.2. The molecule has 0 spiro atoms. The number of phenols is 1. The molecule has 246 valence electrons. The number of hydrogen-bond donors (Lipinski definition) is 1. The van der Waals surface area contributed by atoms with Gasteiger partial charge in [-0.25, -0.2) is 0 Å². The van der Waals surface area contributed by atoms with E-state index in [1.54, 1.807) is 23.5 Å². The van der Waals surface area contributed by atoms with Crippen LogP contribution in [0.25, 0.3) is 0 Å². The molecule has 7 heteroatoms. The van der Waals surface area contributed by atoms with E-state index in [1.807, 2.05) is 0 Å². The Balaban J connectivity index is 2.61. The van der Waals surface area contributed by atoms with Crippen molar-refractivity contribution in [3.63, 3.8) is 0 Å². The van der Waals surface area contributed by atoms with Crippen LogP contribution in [0.15, 0.2) is 34.1 Å². The minimum Gasteiger partial charge on any atom is -0.507 e. The van der Waals surface area contributed by atoms with Crippen LogP contribution in [0.1, 0.15) is 138 Å². The number of esters is 2. The van der Waals surface area contributed by atoms with E-state index in [9.17, 15) is 14.7 Å². The van der Waals surface area contributed by atoms with Crippen LogP contribution in [0.3, 0.4) is 0 Å². The van der Waals surface area contributed by atoms with E-state index in [2.05, 4.69) is 121 Å². The molecular formula is C37H56O5S2. The molecule has 0 aliphatic carbocycles. The molecule has 0 radical (unpaired) electrons. The zero-order valence-electron chi connectivity index (χ0n) is 29.8. The van der Waals surface area contributed by atoms with Crippen LogP contribution in [0.4, 0.5) is 0 Å². The van der Waals surface area contributed by atoms with Gasteiger partial charge in [-0.2, -0.15) is 0 Å².